The lowest BCUT2D eigenvalue weighted by Crippen LogP contribution is -2.29. The Morgan fingerprint density at radius 3 is 2.80 bits per heavy atom. The molecular weight excluding hydrogens is 190 g/mol. The fraction of sp³-hybridized carbons (Fsp3) is 0.417. The maximum absolute atomic E-state index is 11.7. The molecule has 1 aliphatic rings. The second kappa shape index (κ2) is 3.26. The van der Waals surface area contributed by atoms with Crippen LogP contribution in [0.3, 0.4) is 0 Å². The largest absolute Gasteiger partial charge is 0.469 e. The van der Waals surface area contributed by atoms with Gasteiger partial charge in [-0.3, -0.25) is 4.79 Å². The molecule has 0 amide bonds. The standard InChI is InChI=1S/C12H15NO2/c1-12(11(14)15-2)6-8-4-3-5-10(13)9(8)7-12/h3-5H,6-7,13H2,1-2H3. The first-order valence-corrected chi connectivity index (χ1v) is 5.01. The van der Waals surface area contributed by atoms with Crippen LogP contribution < -0.4 is 5.73 Å². The van der Waals surface area contributed by atoms with Gasteiger partial charge < -0.3 is 10.5 Å². The number of fused-ring (bicyclic) bond motifs is 1. The predicted molar refractivity (Wildman–Crippen MR) is 58.4 cm³/mol. The highest BCUT2D eigenvalue weighted by atomic mass is 16.5. The van der Waals surface area contributed by atoms with Gasteiger partial charge in [0.2, 0.25) is 0 Å². The van der Waals surface area contributed by atoms with Crippen LogP contribution in [0, 0.1) is 5.41 Å². The summed E-state index contributed by atoms with van der Waals surface area (Å²) in [7, 11) is 1.43. The van der Waals surface area contributed by atoms with Crippen molar-refractivity contribution in [2.45, 2.75) is 19.8 Å². The van der Waals surface area contributed by atoms with E-state index in [-0.39, 0.29) is 5.97 Å². The lowest BCUT2D eigenvalue weighted by Gasteiger charge is -2.19. The summed E-state index contributed by atoms with van der Waals surface area (Å²) in [5.74, 6) is -0.155. The molecule has 1 aliphatic carbocycles. The van der Waals surface area contributed by atoms with Crippen LogP contribution in [0.15, 0.2) is 18.2 Å². The lowest BCUT2D eigenvalue weighted by atomic mass is 9.87. The molecule has 2 N–H and O–H groups in total. The van der Waals surface area contributed by atoms with E-state index in [2.05, 4.69) is 0 Å². The van der Waals surface area contributed by atoms with Crippen molar-refractivity contribution in [3.63, 3.8) is 0 Å². The van der Waals surface area contributed by atoms with E-state index in [0.717, 1.165) is 17.7 Å². The van der Waals surface area contributed by atoms with E-state index in [9.17, 15) is 4.79 Å². The molecule has 1 aromatic carbocycles. The monoisotopic (exact) mass is 205 g/mol. The SMILES string of the molecule is COC(=O)C1(C)Cc2cccc(N)c2C1. The Kier molecular flexibility index (Phi) is 2.18. The van der Waals surface area contributed by atoms with E-state index in [1.807, 2.05) is 25.1 Å². The van der Waals surface area contributed by atoms with Gasteiger partial charge in [0.1, 0.15) is 0 Å². The number of rotatable bonds is 1. The molecule has 0 aromatic heterocycles. The Labute approximate surface area is 89.2 Å². The molecular formula is C12H15NO2. The van der Waals surface area contributed by atoms with Crippen LogP contribution in [0.1, 0.15) is 18.1 Å². The van der Waals surface area contributed by atoms with Crippen LogP contribution in [0.5, 0.6) is 0 Å². The minimum absolute atomic E-state index is 0.155. The van der Waals surface area contributed by atoms with Crippen LogP contribution in [-0.2, 0) is 22.4 Å². The van der Waals surface area contributed by atoms with Crippen molar-refractivity contribution in [2.24, 2.45) is 5.41 Å². The quantitative estimate of drug-likeness (QED) is 0.559. The molecule has 0 spiro atoms. The van der Waals surface area contributed by atoms with E-state index >= 15 is 0 Å². The highest BCUT2D eigenvalue weighted by Crippen LogP contribution is 2.39. The highest BCUT2D eigenvalue weighted by Gasteiger charge is 2.41. The number of benzene rings is 1. The first-order chi connectivity index (χ1) is 7.07. The third-order valence-electron chi connectivity index (χ3n) is 3.14. The molecule has 1 atom stereocenters. The number of esters is 1. The molecule has 3 nitrogen and oxygen atoms in total. The number of carbonyl (C=O) groups excluding carboxylic acids is 1. The highest BCUT2D eigenvalue weighted by molar-refractivity contribution is 5.79. The van der Waals surface area contributed by atoms with Crippen molar-refractivity contribution in [3.8, 4) is 0 Å². The Hall–Kier alpha value is -1.51. The molecule has 0 heterocycles. The predicted octanol–water partition coefficient (Wildman–Crippen LogP) is 1.55. The molecule has 0 saturated carbocycles. The van der Waals surface area contributed by atoms with Crippen LogP contribution in [0.4, 0.5) is 5.69 Å². The van der Waals surface area contributed by atoms with Crippen molar-refractivity contribution >= 4 is 11.7 Å². The van der Waals surface area contributed by atoms with Gasteiger partial charge in [-0.1, -0.05) is 12.1 Å². The molecule has 0 aliphatic heterocycles. The van der Waals surface area contributed by atoms with E-state index in [0.29, 0.717) is 6.42 Å². The first kappa shape index (κ1) is 10.0. The van der Waals surface area contributed by atoms with Gasteiger partial charge in [0.15, 0.2) is 0 Å². The molecule has 3 heteroatoms. The zero-order chi connectivity index (χ0) is 11.1. The second-order valence-electron chi connectivity index (χ2n) is 4.39. The summed E-state index contributed by atoms with van der Waals surface area (Å²) in [4.78, 5) is 11.7. The van der Waals surface area contributed by atoms with E-state index in [1.165, 1.54) is 12.7 Å². The number of hydrogen-bond acceptors (Lipinski definition) is 3. The van der Waals surface area contributed by atoms with Crippen molar-refractivity contribution in [2.75, 3.05) is 12.8 Å². The number of nitrogens with two attached hydrogens (primary N) is 1. The maximum Gasteiger partial charge on any atom is 0.312 e. The van der Waals surface area contributed by atoms with E-state index in [4.69, 9.17) is 10.5 Å². The lowest BCUT2D eigenvalue weighted by molar-refractivity contribution is -0.151. The molecule has 0 fully saturated rings. The number of methoxy groups -OCH3 is 1. The summed E-state index contributed by atoms with van der Waals surface area (Å²) < 4.78 is 4.83. The fourth-order valence-electron chi connectivity index (χ4n) is 2.30. The van der Waals surface area contributed by atoms with Crippen LogP contribution in [0.25, 0.3) is 0 Å². The summed E-state index contributed by atoms with van der Waals surface area (Å²) in [6.07, 6.45) is 1.40. The molecule has 0 saturated heterocycles. The average molecular weight is 205 g/mol. The van der Waals surface area contributed by atoms with E-state index < -0.39 is 5.41 Å². The molecule has 2 rings (SSSR count). The number of ether oxygens (including phenoxy) is 1. The van der Waals surface area contributed by atoms with Gasteiger partial charge in [0, 0.05) is 5.69 Å². The van der Waals surface area contributed by atoms with Crippen LogP contribution >= 0.6 is 0 Å². The van der Waals surface area contributed by atoms with Gasteiger partial charge in [-0.2, -0.15) is 0 Å². The third kappa shape index (κ3) is 1.48. The number of nitrogen functional groups attached to an aromatic ring is 1. The van der Waals surface area contributed by atoms with Crippen molar-refractivity contribution in [3.05, 3.63) is 29.3 Å². The zero-order valence-corrected chi connectivity index (χ0v) is 9.04. The summed E-state index contributed by atoms with van der Waals surface area (Å²) >= 11 is 0. The van der Waals surface area contributed by atoms with Gasteiger partial charge in [0.25, 0.3) is 0 Å². The maximum atomic E-state index is 11.7. The average Bonchev–Trinajstić information content (AvgIpc) is 2.57. The minimum atomic E-state index is -0.438. The summed E-state index contributed by atoms with van der Waals surface area (Å²) in [6.45, 7) is 1.93. The second-order valence-corrected chi connectivity index (χ2v) is 4.39. The normalized spacial score (nSPS) is 23.6. The van der Waals surface area contributed by atoms with Crippen LogP contribution in [0.2, 0.25) is 0 Å². The fourth-order valence-corrected chi connectivity index (χ4v) is 2.30. The van der Waals surface area contributed by atoms with Crippen LogP contribution in [-0.4, -0.2) is 13.1 Å². The van der Waals surface area contributed by atoms with Gasteiger partial charge >= 0.3 is 5.97 Å². The summed E-state index contributed by atoms with van der Waals surface area (Å²) in [5, 5.41) is 0. The number of anilines is 1. The van der Waals surface area contributed by atoms with Gasteiger partial charge in [-0.15, -0.1) is 0 Å². The molecule has 15 heavy (non-hydrogen) atoms. The van der Waals surface area contributed by atoms with Crippen molar-refractivity contribution in [1.82, 2.24) is 0 Å². The smallest absolute Gasteiger partial charge is 0.312 e. The Morgan fingerprint density at radius 1 is 1.47 bits per heavy atom. The first-order valence-electron chi connectivity index (χ1n) is 5.01. The van der Waals surface area contributed by atoms with Gasteiger partial charge in [0.05, 0.1) is 12.5 Å². The summed E-state index contributed by atoms with van der Waals surface area (Å²) in [6, 6.07) is 5.83. The Bertz CT molecular complexity index is 414. The third-order valence-corrected chi connectivity index (χ3v) is 3.14. The van der Waals surface area contributed by atoms with Crippen molar-refractivity contribution < 1.29 is 9.53 Å². The summed E-state index contributed by atoms with van der Waals surface area (Å²) in [5.41, 5.74) is 8.49. The number of carbonyl (C=O) groups is 1. The topological polar surface area (TPSA) is 52.3 Å². The Balaban J connectivity index is 2.37. The molecule has 0 radical (unpaired) electrons. The van der Waals surface area contributed by atoms with Crippen molar-refractivity contribution in [1.29, 1.82) is 0 Å². The van der Waals surface area contributed by atoms with E-state index in [1.54, 1.807) is 0 Å². The molecule has 1 aromatic rings. The molecule has 80 valence electrons. The molecule has 0 bridgehead atoms. The van der Waals surface area contributed by atoms with Gasteiger partial charge in [-0.05, 0) is 37.0 Å². The molecule has 1 unspecified atom stereocenters. The Morgan fingerprint density at radius 2 is 2.20 bits per heavy atom. The minimum Gasteiger partial charge on any atom is -0.469 e. The zero-order valence-electron chi connectivity index (χ0n) is 9.04. The number of hydrogen-bond donors (Lipinski definition) is 1. The van der Waals surface area contributed by atoms with Gasteiger partial charge in [-0.25, -0.2) is 0 Å².